The van der Waals surface area contributed by atoms with Crippen LogP contribution in [-0.4, -0.2) is 51.2 Å². The predicted molar refractivity (Wildman–Crippen MR) is 166 cm³/mol. The van der Waals surface area contributed by atoms with Crippen molar-refractivity contribution >= 4 is 40.7 Å². The minimum atomic E-state index is -1.09. The van der Waals surface area contributed by atoms with Crippen molar-refractivity contribution in [3.05, 3.63) is 94.0 Å². The number of amides is 1. The molecule has 224 valence electrons. The summed E-state index contributed by atoms with van der Waals surface area (Å²) in [5, 5.41) is 18.7. The maximum Gasteiger partial charge on any atom is 0.335 e. The Morgan fingerprint density at radius 1 is 1.19 bits per heavy atom. The minimum Gasteiger partial charge on any atom is -0.495 e. The number of aromatic carboxylic acids is 1. The lowest BCUT2D eigenvalue weighted by atomic mass is 9.96. The Kier molecular flexibility index (Phi) is 9.82. The highest BCUT2D eigenvalue weighted by molar-refractivity contribution is 6.31. The number of rotatable bonds is 13. The summed E-state index contributed by atoms with van der Waals surface area (Å²) >= 11 is 6.27. The Balaban J connectivity index is 1.78. The molecule has 10 nitrogen and oxygen atoms in total. The molecule has 1 aliphatic carbocycles. The molecule has 1 heterocycles. The highest BCUT2D eigenvalue weighted by Crippen LogP contribution is 2.35. The van der Waals surface area contributed by atoms with Crippen LogP contribution in [0.3, 0.4) is 0 Å². The van der Waals surface area contributed by atoms with Crippen LogP contribution < -0.4 is 15.6 Å². The molecule has 1 aliphatic rings. The van der Waals surface area contributed by atoms with Crippen LogP contribution in [0.1, 0.15) is 66.3 Å². The number of Topliss-reactive ketones (excluding diaryl/α,β-unsaturated/α-hetero) is 1. The topological polar surface area (TPSA) is 130 Å². The maximum atomic E-state index is 13.7. The number of benzene rings is 2. The molecule has 43 heavy (non-hydrogen) atoms. The number of aromatic nitrogens is 1. The average molecular weight is 605 g/mol. The quantitative estimate of drug-likeness (QED) is 0.138. The number of methoxy groups -OCH3 is 1. The number of ketones is 1. The Bertz CT molecular complexity index is 1640. The summed E-state index contributed by atoms with van der Waals surface area (Å²) in [6.07, 6.45) is 5.38. The monoisotopic (exact) mass is 604 g/mol. The average Bonchev–Trinajstić information content (AvgIpc) is 3.84. The molecular formula is C32H33ClN4O6. The molecule has 1 aromatic heterocycles. The van der Waals surface area contributed by atoms with Gasteiger partial charge in [-0.3, -0.25) is 24.0 Å². The summed E-state index contributed by atoms with van der Waals surface area (Å²) in [5.74, 6) is -1.47. The lowest BCUT2D eigenvalue weighted by molar-refractivity contribution is -0.119. The number of carboxylic acid groups (broad SMARTS) is 1. The third-order valence-electron chi connectivity index (χ3n) is 7.08. The normalized spacial score (nSPS) is 13.6. The van der Waals surface area contributed by atoms with E-state index in [1.54, 1.807) is 43.3 Å². The van der Waals surface area contributed by atoms with Gasteiger partial charge in [0.2, 0.25) is 5.91 Å². The van der Waals surface area contributed by atoms with Crippen LogP contribution in [0.15, 0.2) is 77.4 Å². The first-order valence-corrected chi connectivity index (χ1v) is 14.2. The van der Waals surface area contributed by atoms with E-state index in [0.717, 1.165) is 12.8 Å². The molecule has 0 radical (unpaired) electrons. The number of nitrogens with zero attached hydrogens (tertiary/aromatic N) is 3. The van der Waals surface area contributed by atoms with E-state index in [1.165, 1.54) is 48.2 Å². The number of nitrogens with one attached hydrogen (secondary N) is 1. The lowest BCUT2D eigenvalue weighted by Gasteiger charge is -2.22. The van der Waals surface area contributed by atoms with Crippen molar-refractivity contribution in [2.24, 2.45) is 5.10 Å². The van der Waals surface area contributed by atoms with Gasteiger partial charge in [-0.25, -0.2) is 4.79 Å². The molecule has 0 saturated heterocycles. The van der Waals surface area contributed by atoms with Gasteiger partial charge in [0.25, 0.3) is 5.56 Å². The number of anilines is 1. The summed E-state index contributed by atoms with van der Waals surface area (Å²) < 4.78 is 6.93. The van der Waals surface area contributed by atoms with Gasteiger partial charge < -0.3 is 15.2 Å². The van der Waals surface area contributed by atoms with Gasteiger partial charge >= 0.3 is 5.97 Å². The third-order valence-corrected chi connectivity index (χ3v) is 7.31. The third kappa shape index (κ3) is 7.39. The summed E-state index contributed by atoms with van der Waals surface area (Å²) in [7, 11) is 1.43. The first-order valence-electron chi connectivity index (χ1n) is 13.8. The number of carboxylic acids is 1. The van der Waals surface area contributed by atoms with Gasteiger partial charge in [-0.15, -0.1) is 0 Å². The van der Waals surface area contributed by atoms with Gasteiger partial charge in [0, 0.05) is 52.7 Å². The molecule has 1 fully saturated rings. The molecule has 0 spiro atoms. The molecule has 0 aliphatic heterocycles. The number of ether oxygens (including phenoxy) is 1. The zero-order chi connectivity index (χ0) is 31.3. The number of hydrazone groups is 1. The zero-order valence-electron chi connectivity index (χ0n) is 24.2. The highest BCUT2D eigenvalue weighted by atomic mass is 35.5. The van der Waals surface area contributed by atoms with Gasteiger partial charge in [-0.2, -0.15) is 5.10 Å². The number of halogens is 1. The van der Waals surface area contributed by atoms with Crippen molar-refractivity contribution in [3.63, 3.8) is 0 Å². The van der Waals surface area contributed by atoms with Crippen LogP contribution in [0.5, 0.6) is 5.75 Å². The van der Waals surface area contributed by atoms with Crippen LogP contribution in [0.25, 0.3) is 11.1 Å². The van der Waals surface area contributed by atoms with E-state index in [2.05, 4.69) is 17.0 Å². The van der Waals surface area contributed by atoms with E-state index in [4.69, 9.17) is 16.3 Å². The number of hydrogen-bond acceptors (Lipinski definition) is 7. The van der Waals surface area contributed by atoms with Crippen LogP contribution in [-0.2, 0) is 4.79 Å². The minimum absolute atomic E-state index is 0.0700. The first-order chi connectivity index (χ1) is 20.6. The summed E-state index contributed by atoms with van der Waals surface area (Å²) in [6, 6.07) is 11.1. The fourth-order valence-electron chi connectivity index (χ4n) is 4.69. The molecule has 2 N–H and O–H groups in total. The number of carbonyl (C=O) groups excluding carboxylic acids is 2. The Morgan fingerprint density at radius 3 is 2.47 bits per heavy atom. The smallest absolute Gasteiger partial charge is 0.335 e. The molecule has 11 heteroatoms. The summed E-state index contributed by atoms with van der Waals surface area (Å²) in [4.78, 5) is 51.4. The van der Waals surface area contributed by atoms with Gasteiger partial charge in [-0.1, -0.05) is 25.1 Å². The first kappa shape index (κ1) is 31.2. The Morgan fingerprint density at radius 2 is 1.88 bits per heavy atom. The van der Waals surface area contributed by atoms with E-state index in [-0.39, 0.29) is 36.0 Å². The van der Waals surface area contributed by atoms with E-state index < -0.39 is 23.5 Å². The predicted octanol–water partition coefficient (Wildman–Crippen LogP) is 6.02. The van der Waals surface area contributed by atoms with Crippen molar-refractivity contribution < 1.29 is 24.2 Å². The fourth-order valence-corrected chi connectivity index (χ4v) is 4.86. The second kappa shape index (κ2) is 13.5. The standard InChI is InChI=1S/C32H33ClN4O6/c1-5-28(38)24-14-9-21(33)16-25(24)26-17-30(39)36(18-29(26)43-4)27(15-19(3)35-37(6-2)23-12-13-23)31(40)34-22-10-7-20(8-11-22)32(41)42/h6-11,14,16-18,23,27H,2,5,12-13,15H2,1,3-4H3,(H,34,40)(H,41,42)/b35-19+. The van der Waals surface area contributed by atoms with Gasteiger partial charge in [0.15, 0.2) is 5.78 Å². The summed E-state index contributed by atoms with van der Waals surface area (Å²) in [6.45, 7) is 7.34. The van der Waals surface area contributed by atoms with Gasteiger partial charge in [0.1, 0.15) is 11.8 Å². The molecule has 2 aromatic carbocycles. The molecule has 1 saturated carbocycles. The van der Waals surface area contributed by atoms with Gasteiger partial charge in [-0.05, 0) is 67.8 Å². The van der Waals surface area contributed by atoms with Crippen molar-refractivity contribution in [2.45, 2.75) is 51.6 Å². The number of pyridine rings is 1. The molecule has 1 amide bonds. The maximum absolute atomic E-state index is 13.7. The fraction of sp³-hybridized carbons (Fsp3) is 0.281. The Labute approximate surface area is 254 Å². The zero-order valence-corrected chi connectivity index (χ0v) is 24.9. The molecule has 3 aromatic rings. The number of hydrogen-bond donors (Lipinski definition) is 2. The largest absolute Gasteiger partial charge is 0.495 e. The van der Waals surface area contributed by atoms with Crippen molar-refractivity contribution in [2.75, 3.05) is 12.4 Å². The summed E-state index contributed by atoms with van der Waals surface area (Å²) in [5.41, 5.74) is 1.72. The molecule has 4 rings (SSSR count). The van der Waals surface area contributed by atoms with E-state index >= 15 is 0 Å². The highest BCUT2D eigenvalue weighted by Gasteiger charge is 2.29. The molecule has 1 atom stereocenters. The number of carbonyl (C=O) groups is 3. The van der Waals surface area contributed by atoms with Crippen LogP contribution in [0, 0.1) is 0 Å². The second-order valence-electron chi connectivity index (χ2n) is 10.2. The molecular weight excluding hydrogens is 572 g/mol. The van der Waals surface area contributed by atoms with Crippen LogP contribution >= 0.6 is 11.6 Å². The second-order valence-corrected chi connectivity index (χ2v) is 10.6. The van der Waals surface area contributed by atoms with E-state index in [9.17, 15) is 24.3 Å². The van der Waals surface area contributed by atoms with E-state index in [1.807, 2.05) is 0 Å². The van der Waals surface area contributed by atoms with Crippen LogP contribution in [0.2, 0.25) is 5.02 Å². The van der Waals surface area contributed by atoms with Crippen molar-refractivity contribution in [1.82, 2.24) is 9.58 Å². The SMILES string of the molecule is C=CN(/N=C(\C)CC(C(=O)Nc1ccc(C(=O)O)cc1)n1cc(OC)c(-c2cc(Cl)ccc2C(=O)CC)cc1=O)C1CC1. The molecule has 0 bridgehead atoms. The van der Waals surface area contributed by atoms with Crippen molar-refractivity contribution in [3.8, 4) is 16.9 Å². The van der Waals surface area contributed by atoms with E-state index in [0.29, 0.717) is 33.1 Å². The van der Waals surface area contributed by atoms with Crippen molar-refractivity contribution in [1.29, 1.82) is 0 Å². The molecule has 1 unspecified atom stereocenters. The van der Waals surface area contributed by atoms with Crippen LogP contribution in [0.4, 0.5) is 5.69 Å². The lowest BCUT2D eigenvalue weighted by Crippen LogP contribution is -2.34. The Hall–Kier alpha value is -4.70. The van der Waals surface area contributed by atoms with Gasteiger partial charge in [0.05, 0.1) is 24.9 Å².